The monoisotopic (exact) mass is 331 g/mol. The van der Waals surface area contributed by atoms with E-state index >= 15 is 0 Å². The third-order valence-electron chi connectivity index (χ3n) is 2.51. The standard InChI is InChI=1S/C13H12BrF2NS/c1-2-9-3-4-10(18-9)7-17-13-11(14)5-8(15)6-12(13)16/h3-6,17H,2,7H2,1H3. The summed E-state index contributed by atoms with van der Waals surface area (Å²) in [6, 6.07) is 6.21. The molecule has 0 saturated heterocycles. The lowest BCUT2D eigenvalue weighted by atomic mass is 10.3. The second-order valence-corrected chi connectivity index (χ2v) is 5.93. The smallest absolute Gasteiger partial charge is 0.150 e. The third kappa shape index (κ3) is 3.09. The van der Waals surface area contributed by atoms with Crippen molar-refractivity contribution in [1.29, 1.82) is 0 Å². The van der Waals surface area contributed by atoms with Crippen LogP contribution in [0, 0.1) is 11.6 Å². The first-order valence-electron chi connectivity index (χ1n) is 5.56. The molecule has 0 radical (unpaired) electrons. The van der Waals surface area contributed by atoms with E-state index in [0.717, 1.165) is 17.4 Å². The Morgan fingerprint density at radius 2 is 1.94 bits per heavy atom. The Labute approximate surface area is 117 Å². The highest BCUT2D eigenvalue weighted by Crippen LogP contribution is 2.28. The van der Waals surface area contributed by atoms with Crippen LogP contribution in [0.25, 0.3) is 0 Å². The van der Waals surface area contributed by atoms with Gasteiger partial charge in [-0.05, 0) is 40.5 Å². The number of benzene rings is 1. The molecule has 0 aliphatic carbocycles. The molecule has 1 aromatic carbocycles. The predicted molar refractivity (Wildman–Crippen MR) is 75.1 cm³/mol. The summed E-state index contributed by atoms with van der Waals surface area (Å²) < 4.78 is 26.9. The van der Waals surface area contributed by atoms with E-state index in [1.54, 1.807) is 11.3 Å². The van der Waals surface area contributed by atoms with Gasteiger partial charge in [0.05, 0.1) is 5.69 Å². The quantitative estimate of drug-likeness (QED) is 0.834. The summed E-state index contributed by atoms with van der Waals surface area (Å²) in [6.07, 6.45) is 0.999. The van der Waals surface area contributed by atoms with Gasteiger partial charge in [0.25, 0.3) is 0 Å². The van der Waals surface area contributed by atoms with Crippen LogP contribution in [0.4, 0.5) is 14.5 Å². The number of hydrogen-bond donors (Lipinski definition) is 1. The molecule has 18 heavy (non-hydrogen) atoms. The number of anilines is 1. The molecular formula is C13H12BrF2NS. The zero-order valence-corrected chi connectivity index (χ0v) is 12.2. The van der Waals surface area contributed by atoms with E-state index < -0.39 is 11.6 Å². The summed E-state index contributed by atoms with van der Waals surface area (Å²) in [4.78, 5) is 2.42. The normalized spacial score (nSPS) is 10.7. The van der Waals surface area contributed by atoms with Crippen molar-refractivity contribution in [2.45, 2.75) is 19.9 Å². The van der Waals surface area contributed by atoms with Crippen molar-refractivity contribution < 1.29 is 8.78 Å². The van der Waals surface area contributed by atoms with E-state index in [-0.39, 0.29) is 0 Å². The van der Waals surface area contributed by atoms with Gasteiger partial charge in [-0.25, -0.2) is 8.78 Å². The van der Waals surface area contributed by atoms with E-state index in [1.165, 1.54) is 10.9 Å². The molecule has 5 heteroatoms. The summed E-state index contributed by atoms with van der Waals surface area (Å²) in [5.41, 5.74) is 0.294. The van der Waals surface area contributed by atoms with Crippen molar-refractivity contribution in [3.05, 3.63) is 50.1 Å². The number of nitrogens with one attached hydrogen (secondary N) is 1. The Bertz CT molecular complexity index is 531. The molecule has 0 spiro atoms. The van der Waals surface area contributed by atoms with E-state index in [2.05, 4.69) is 34.2 Å². The molecule has 1 N–H and O–H groups in total. The van der Waals surface area contributed by atoms with Gasteiger partial charge in [-0.3, -0.25) is 0 Å². The molecule has 0 fully saturated rings. The highest BCUT2D eigenvalue weighted by atomic mass is 79.9. The Balaban J connectivity index is 2.10. The first-order valence-corrected chi connectivity index (χ1v) is 7.17. The van der Waals surface area contributed by atoms with E-state index in [1.807, 2.05) is 6.07 Å². The lowest BCUT2D eigenvalue weighted by molar-refractivity contribution is 0.583. The minimum atomic E-state index is -0.589. The SMILES string of the molecule is CCc1ccc(CNc2c(F)cc(F)cc2Br)s1. The van der Waals surface area contributed by atoms with Crippen molar-refractivity contribution in [2.24, 2.45) is 0 Å². The molecule has 0 aliphatic heterocycles. The fourth-order valence-electron chi connectivity index (χ4n) is 1.59. The van der Waals surface area contributed by atoms with Gasteiger partial charge in [-0.15, -0.1) is 11.3 Å². The van der Waals surface area contributed by atoms with Crippen LogP contribution < -0.4 is 5.32 Å². The topological polar surface area (TPSA) is 12.0 Å². The average molecular weight is 332 g/mol. The zero-order chi connectivity index (χ0) is 13.1. The third-order valence-corrected chi connectivity index (χ3v) is 4.37. The van der Waals surface area contributed by atoms with Gasteiger partial charge in [-0.1, -0.05) is 6.92 Å². The maximum atomic E-state index is 13.6. The van der Waals surface area contributed by atoms with Crippen LogP contribution in [-0.2, 0) is 13.0 Å². The summed E-state index contributed by atoms with van der Waals surface area (Å²) in [6.45, 7) is 2.63. The average Bonchev–Trinajstić information content (AvgIpc) is 2.75. The molecule has 2 rings (SSSR count). The van der Waals surface area contributed by atoms with Gasteiger partial charge in [0.1, 0.15) is 11.6 Å². The van der Waals surface area contributed by atoms with Crippen LogP contribution in [0.2, 0.25) is 0 Å². The van der Waals surface area contributed by atoms with Crippen molar-refractivity contribution in [2.75, 3.05) is 5.32 Å². The molecule has 0 atom stereocenters. The van der Waals surface area contributed by atoms with E-state index in [4.69, 9.17) is 0 Å². The number of rotatable bonds is 4. The Morgan fingerprint density at radius 1 is 1.22 bits per heavy atom. The first kappa shape index (κ1) is 13.5. The highest BCUT2D eigenvalue weighted by molar-refractivity contribution is 9.10. The van der Waals surface area contributed by atoms with Crippen LogP contribution in [0.1, 0.15) is 16.7 Å². The molecule has 1 heterocycles. The van der Waals surface area contributed by atoms with Crippen LogP contribution >= 0.6 is 27.3 Å². The second kappa shape index (κ2) is 5.80. The Morgan fingerprint density at radius 3 is 2.56 bits per heavy atom. The maximum absolute atomic E-state index is 13.6. The van der Waals surface area contributed by atoms with Crippen LogP contribution in [-0.4, -0.2) is 0 Å². The summed E-state index contributed by atoms with van der Waals surface area (Å²) in [5, 5.41) is 2.98. The number of hydrogen-bond acceptors (Lipinski definition) is 2. The molecule has 0 amide bonds. The first-order chi connectivity index (χ1) is 8.60. The zero-order valence-electron chi connectivity index (χ0n) is 9.77. The van der Waals surface area contributed by atoms with Crippen LogP contribution in [0.3, 0.4) is 0 Å². The van der Waals surface area contributed by atoms with Gasteiger partial charge in [0.2, 0.25) is 0 Å². The number of thiophene rings is 1. The van der Waals surface area contributed by atoms with Crippen LogP contribution in [0.15, 0.2) is 28.7 Å². The van der Waals surface area contributed by atoms with E-state index in [9.17, 15) is 8.78 Å². The Kier molecular flexibility index (Phi) is 4.35. The van der Waals surface area contributed by atoms with Crippen LogP contribution in [0.5, 0.6) is 0 Å². The van der Waals surface area contributed by atoms with Gasteiger partial charge >= 0.3 is 0 Å². The van der Waals surface area contributed by atoms with Crippen molar-refractivity contribution in [1.82, 2.24) is 0 Å². The summed E-state index contributed by atoms with van der Waals surface area (Å²) in [7, 11) is 0. The predicted octanol–water partition coefficient (Wildman–Crippen LogP) is 4.96. The minimum absolute atomic E-state index is 0.294. The van der Waals surface area contributed by atoms with Gasteiger partial charge < -0.3 is 5.32 Å². The molecule has 0 saturated carbocycles. The van der Waals surface area contributed by atoms with E-state index in [0.29, 0.717) is 16.7 Å². The summed E-state index contributed by atoms with van der Waals surface area (Å²) in [5.74, 6) is -1.18. The molecule has 0 bridgehead atoms. The van der Waals surface area contributed by atoms with Gasteiger partial charge in [-0.2, -0.15) is 0 Å². The fourth-order valence-corrected chi connectivity index (χ4v) is 3.04. The molecule has 0 aliphatic rings. The molecule has 1 aromatic heterocycles. The number of halogens is 3. The maximum Gasteiger partial charge on any atom is 0.150 e. The van der Waals surface area contributed by atoms with Crippen molar-refractivity contribution >= 4 is 33.0 Å². The summed E-state index contributed by atoms with van der Waals surface area (Å²) >= 11 is 4.84. The molecule has 96 valence electrons. The van der Waals surface area contributed by atoms with Crippen molar-refractivity contribution in [3.63, 3.8) is 0 Å². The lowest BCUT2D eigenvalue weighted by Crippen LogP contribution is -2.01. The Hall–Kier alpha value is -0.940. The largest absolute Gasteiger partial charge is 0.377 e. The fraction of sp³-hybridized carbons (Fsp3) is 0.231. The molecular weight excluding hydrogens is 320 g/mol. The number of aryl methyl sites for hydroxylation is 1. The molecule has 0 unspecified atom stereocenters. The minimum Gasteiger partial charge on any atom is -0.377 e. The highest BCUT2D eigenvalue weighted by Gasteiger charge is 2.09. The molecule has 2 aromatic rings. The van der Waals surface area contributed by atoms with Crippen molar-refractivity contribution in [3.8, 4) is 0 Å². The lowest BCUT2D eigenvalue weighted by Gasteiger charge is -2.08. The van der Waals surface area contributed by atoms with Gasteiger partial charge in [0, 0.05) is 26.8 Å². The molecule has 1 nitrogen and oxygen atoms in total. The van der Waals surface area contributed by atoms with Gasteiger partial charge in [0.15, 0.2) is 0 Å². The second-order valence-electron chi connectivity index (χ2n) is 3.82.